The van der Waals surface area contributed by atoms with Crippen LogP contribution in [0.2, 0.25) is 0 Å². The fourth-order valence-corrected chi connectivity index (χ4v) is 3.46. The maximum Gasteiger partial charge on any atom is 0.334 e. The van der Waals surface area contributed by atoms with Gasteiger partial charge in [0.15, 0.2) is 0 Å². The largest absolute Gasteiger partial charge is 0.458 e. The van der Waals surface area contributed by atoms with Crippen molar-refractivity contribution in [2.75, 3.05) is 6.61 Å². The Balaban J connectivity index is 1.91. The van der Waals surface area contributed by atoms with E-state index >= 15 is 0 Å². The number of ether oxygens (including phenoxy) is 3. The highest BCUT2D eigenvalue weighted by Gasteiger charge is 2.49. The van der Waals surface area contributed by atoms with Gasteiger partial charge >= 0.3 is 11.9 Å². The van der Waals surface area contributed by atoms with Crippen molar-refractivity contribution in [2.24, 2.45) is 5.92 Å². The van der Waals surface area contributed by atoms with Crippen LogP contribution in [0.5, 0.6) is 0 Å². The third kappa shape index (κ3) is 3.91. The Morgan fingerprint density at radius 2 is 2.15 bits per heavy atom. The molecule has 0 saturated carbocycles. The number of epoxide rings is 1. The number of carbonyl (C=O) groups excluding carboxylic acids is 2. The van der Waals surface area contributed by atoms with Gasteiger partial charge in [0.25, 0.3) is 0 Å². The van der Waals surface area contributed by atoms with Gasteiger partial charge < -0.3 is 19.3 Å². The van der Waals surface area contributed by atoms with Crippen LogP contribution >= 0.6 is 0 Å². The van der Waals surface area contributed by atoms with E-state index in [1.54, 1.807) is 6.92 Å². The van der Waals surface area contributed by atoms with Gasteiger partial charge in [0, 0.05) is 5.57 Å². The second-order valence-corrected chi connectivity index (χ2v) is 7.74. The lowest BCUT2D eigenvalue weighted by molar-refractivity contribution is -0.159. The molecule has 0 spiro atoms. The molecule has 1 N–H and O–H groups in total. The fraction of sp³-hybridized carbons (Fsp3) is 0.600. The molecule has 0 amide bonds. The third-order valence-corrected chi connectivity index (χ3v) is 5.27. The quantitative estimate of drug-likeness (QED) is 0.359. The Kier molecular flexibility index (Phi) is 5.08. The van der Waals surface area contributed by atoms with Gasteiger partial charge in [0.1, 0.15) is 18.3 Å². The Morgan fingerprint density at radius 3 is 2.81 bits per heavy atom. The summed E-state index contributed by atoms with van der Waals surface area (Å²) in [5.41, 5.74) is 1.51. The SMILES string of the molecule is C=C1C(=O)OC2C=C(C)CCC=C(C)C(O)C(OC(=O)CC3(C)CO3)C12. The summed E-state index contributed by atoms with van der Waals surface area (Å²) in [7, 11) is 0. The van der Waals surface area contributed by atoms with Crippen LogP contribution in [0.4, 0.5) is 0 Å². The normalized spacial score (nSPS) is 37.2. The second kappa shape index (κ2) is 7.00. The van der Waals surface area contributed by atoms with Gasteiger partial charge in [-0.25, -0.2) is 4.79 Å². The molecule has 1 aliphatic carbocycles. The van der Waals surface area contributed by atoms with Gasteiger partial charge in [-0.05, 0) is 45.3 Å². The number of rotatable bonds is 3. The molecule has 3 rings (SSSR count). The number of hydrogen-bond acceptors (Lipinski definition) is 6. The first-order valence-electron chi connectivity index (χ1n) is 8.95. The van der Waals surface area contributed by atoms with Crippen LogP contribution < -0.4 is 0 Å². The summed E-state index contributed by atoms with van der Waals surface area (Å²) in [6, 6.07) is 0. The highest BCUT2D eigenvalue weighted by atomic mass is 16.6. The third-order valence-electron chi connectivity index (χ3n) is 5.27. The van der Waals surface area contributed by atoms with E-state index in [-0.39, 0.29) is 12.0 Å². The van der Waals surface area contributed by atoms with Gasteiger partial charge in [-0.2, -0.15) is 0 Å². The first-order chi connectivity index (χ1) is 12.2. The molecule has 2 heterocycles. The van der Waals surface area contributed by atoms with Crippen molar-refractivity contribution in [1.29, 1.82) is 0 Å². The van der Waals surface area contributed by atoms with Crippen molar-refractivity contribution in [3.8, 4) is 0 Å². The van der Waals surface area contributed by atoms with Crippen molar-refractivity contribution in [3.63, 3.8) is 0 Å². The average Bonchev–Trinajstić information content (AvgIpc) is 3.21. The van der Waals surface area contributed by atoms with Gasteiger partial charge in [0.2, 0.25) is 0 Å². The molecular weight excluding hydrogens is 336 g/mol. The molecule has 6 heteroatoms. The zero-order valence-corrected chi connectivity index (χ0v) is 15.5. The minimum Gasteiger partial charge on any atom is -0.458 e. The molecule has 0 aromatic rings. The average molecular weight is 362 g/mol. The van der Waals surface area contributed by atoms with E-state index in [0.717, 1.165) is 18.4 Å². The summed E-state index contributed by atoms with van der Waals surface area (Å²) in [5.74, 6) is -1.60. The highest BCUT2D eigenvalue weighted by molar-refractivity contribution is 5.91. The van der Waals surface area contributed by atoms with Crippen LogP contribution in [0.3, 0.4) is 0 Å². The minimum atomic E-state index is -1.03. The highest BCUT2D eigenvalue weighted by Crippen LogP contribution is 2.37. The topological polar surface area (TPSA) is 85.4 Å². The predicted molar refractivity (Wildman–Crippen MR) is 94.1 cm³/mol. The first kappa shape index (κ1) is 18.9. The number of esters is 2. The molecule has 2 saturated heterocycles. The molecule has 0 aromatic heterocycles. The van der Waals surface area contributed by atoms with Gasteiger partial charge in [-0.15, -0.1) is 0 Å². The first-order valence-corrected chi connectivity index (χ1v) is 8.95. The van der Waals surface area contributed by atoms with Crippen LogP contribution in [0, 0.1) is 5.92 Å². The van der Waals surface area contributed by atoms with E-state index < -0.39 is 41.8 Å². The monoisotopic (exact) mass is 362 g/mol. The molecule has 3 aliphatic rings. The van der Waals surface area contributed by atoms with E-state index in [9.17, 15) is 14.7 Å². The summed E-state index contributed by atoms with van der Waals surface area (Å²) >= 11 is 0. The molecule has 2 aliphatic heterocycles. The number of allylic oxidation sites excluding steroid dienone is 2. The second-order valence-electron chi connectivity index (χ2n) is 7.74. The lowest BCUT2D eigenvalue weighted by Crippen LogP contribution is -2.42. The standard InChI is InChI=1S/C20H26O6/c1-11-6-5-7-12(2)17(22)18(26-15(21)9-20(4)10-24-20)16-13(3)19(23)25-14(16)8-11/h7-8,14,16-18,22H,3,5-6,9-10H2,1-2,4H3. The zero-order valence-electron chi connectivity index (χ0n) is 15.5. The molecule has 142 valence electrons. The Hall–Kier alpha value is -1.92. The van der Waals surface area contributed by atoms with Gasteiger partial charge in [0.05, 0.1) is 24.5 Å². The molecule has 0 aromatic carbocycles. The van der Waals surface area contributed by atoms with Gasteiger partial charge in [-0.1, -0.05) is 18.2 Å². The molecule has 0 bridgehead atoms. The number of carbonyl (C=O) groups is 2. The molecule has 26 heavy (non-hydrogen) atoms. The van der Waals surface area contributed by atoms with Crippen LogP contribution in [-0.2, 0) is 23.8 Å². The van der Waals surface area contributed by atoms with Crippen LogP contribution in [0.25, 0.3) is 0 Å². The summed E-state index contributed by atoms with van der Waals surface area (Å²) in [6.45, 7) is 9.94. The summed E-state index contributed by atoms with van der Waals surface area (Å²) in [5, 5.41) is 10.8. The number of fused-ring (bicyclic) bond motifs is 1. The van der Waals surface area contributed by atoms with E-state index in [2.05, 4.69) is 6.58 Å². The summed E-state index contributed by atoms with van der Waals surface area (Å²) < 4.78 is 16.3. The molecule has 2 fully saturated rings. The predicted octanol–water partition coefficient (Wildman–Crippen LogP) is 2.22. The number of aliphatic hydroxyl groups excluding tert-OH is 1. The zero-order chi connectivity index (χ0) is 19.1. The Bertz CT molecular complexity index is 684. The molecular formula is C20H26O6. The summed E-state index contributed by atoms with van der Waals surface area (Å²) in [4.78, 5) is 24.5. The van der Waals surface area contributed by atoms with Gasteiger partial charge in [-0.3, -0.25) is 4.79 Å². The molecule has 6 nitrogen and oxygen atoms in total. The number of hydrogen-bond donors (Lipinski definition) is 1. The van der Waals surface area contributed by atoms with E-state index in [1.165, 1.54) is 0 Å². The van der Waals surface area contributed by atoms with Crippen molar-refractivity contribution >= 4 is 11.9 Å². The molecule has 5 unspecified atom stereocenters. The Morgan fingerprint density at radius 1 is 1.46 bits per heavy atom. The van der Waals surface area contributed by atoms with E-state index in [0.29, 0.717) is 12.2 Å². The minimum absolute atomic E-state index is 0.104. The van der Waals surface area contributed by atoms with E-state index in [1.807, 2.05) is 26.0 Å². The van der Waals surface area contributed by atoms with E-state index in [4.69, 9.17) is 14.2 Å². The fourth-order valence-electron chi connectivity index (χ4n) is 3.46. The van der Waals surface area contributed by atoms with Crippen LogP contribution in [0.15, 0.2) is 35.5 Å². The maximum absolute atomic E-state index is 12.4. The Labute approximate surface area is 153 Å². The lowest BCUT2D eigenvalue weighted by atomic mass is 9.84. The van der Waals surface area contributed by atoms with Crippen molar-refractivity contribution in [1.82, 2.24) is 0 Å². The van der Waals surface area contributed by atoms with Crippen molar-refractivity contribution in [2.45, 2.75) is 63.9 Å². The maximum atomic E-state index is 12.4. The lowest BCUT2D eigenvalue weighted by Gasteiger charge is -2.31. The van der Waals surface area contributed by atoms with Crippen LogP contribution in [0.1, 0.15) is 40.0 Å². The van der Waals surface area contributed by atoms with Crippen molar-refractivity contribution in [3.05, 3.63) is 35.5 Å². The summed E-state index contributed by atoms with van der Waals surface area (Å²) in [6.07, 6.45) is 2.91. The molecule has 0 radical (unpaired) electrons. The molecule has 5 atom stereocenters. The number of aliphatic hydroxyl groups is 1. The van der Waals surface area contributed by atoms with Crippen molar-refractivity contribution < 1.29 is 28.9 Å². The smallest absolute Gasteiger partial charge is 0.334 e. The van der Waals surface area contributed by atoms with Crippen LogP contribution in [-0.4, -0.2) is 47.6 Å².